The number of benzene rings is 1. The molecular formula is C17H22N4OS. The second-order valence-electron chi connectivity index (χ2n) is 3.91. The minimum Gasteiger partial charge on any atom is -0.397 e. The van der Waals surface area contributed by atoms with Gasteiger partial charge in [0.25, 0.3) is 0 Å². The van der Waals surface area contributed by atoms with E-state index >= 15 is 0 Å². The molecule has 0 spiro atoms. The molecule has 122 valence electrons. The van der Waals surface area contributed by atoms with Gasteiger partial charge in [-0.3, -0.25) is 0 Å². The maximum absolute atomic E-state index is 7.57. The number of anilines is 2. The second-order valence-corrected chi connectivity index (χ2v) is 4.80. The van der Waals surface area contributed by atoms with Crippen LogP contribution in [0.25, 0.3) is 10.7 Å². The first kappa shape index (κ1) is 18.7. The third-order valence-corrected chi connectivity index (χ3v) is 3.13. The Kier molecular flexibility index (Phi) is 9.19. The number of para-hydroxylation sites is 1. The summed E-state index contributed by atoms with van der Waals surface area (Å²) in [5.74, 6) is 0.578. The molecule has 3 rings (SSSR count). The quantitative estimate of drug-likeness (QED) is 0.746. The molecule has 23 heavy (non-hydrogen) atoms. The van der Waals surface area contributed by atoms with Gasteiger partial charge in [0.2, 0.25) is 5.95 Å². The summed E-state index contributed by atoms with van der Waals surface area (Å²) in [5, 5.41) is 13.6. The third-order valence-electron chi connectivity index (χ3n) is 2.34. The van der Waals surface area contributed by atoms with Crippen molar-refractivity contribution in [2.45, 2.75) is 20.8 Å². The number of rotatable bonds is 3. The molecule has 0 aliphatic rings. The van der Waals surface area contributed by atoms with E-state index in [4.69, 9.17) is 5.11 Å². The number of nitrogens with zero attached hydrogens (tertiary/aromatic N) is 3. The summed E-state index contributed by atoms with van der Waals surface area (Å²) in [6, 6.07) is 11.7. The first-order valence-electron chi connectivity index (χ1n) is 7.49. The Morgan fingerprint density at radius 1 is 1.04 bits per heavy atom. The van der Waals surface area contributed by atoms with Gasteiger partial charge in [0, 0.05) is 30.1 Å². The number of thiazole rings is 1. The highest BCUT2D eigenvalue weighted by atomic mass is 32.1. The Bertz CT molecular complexity index is 645. The Balaban J connectivity index is 0.000000477. The fraction of sp³-hybridized carbons (Fsp3) is 0.235. The molecule has 2 heterocycles. The van der Waals surface area contributed by atoms with Crippen LogP contribution in [-0.4, -0.2) is 26.7 Å². The molecule has 0 unspecified atom stereocenters. The number of aromatic nitrogens is 3. The SMILES string of the molecule is CC.CCO.c1ccc(Nc2nccc(-c3nccs3)n2)cc1. The molecule has 0 bridgehead atoms. The zero-order valence-electron chi connectivity index (χ0n) is 13.6. The van der Waals surface area contributed by atoms with Crippen LogP contribution in [0.5, 0.6) is 0 Å². The third kappa shape index (κ3) is 6.54. The van der Waals surface area contributed by atoms with Gasteiger partial charge in [-0.25, -0.2) is 15.0 Å². The molecule has 0 aliphatic heterocycles. The van der Waals surface area contributed by atoms with Gasteiger partial charge in [0.1, 0.15) is 10.7 Å². The molecule has 0 fully saturated rings. The highest BCUT2D eigenvalue weighted by Crippen LogP contribution is 2.20. The van der Waals surface area contributed by atoms with Gasteiger partial charge in [-0.1, -0.05) is 32.0 Å². The Morgan fingerprint density at radius 3 is 2.35 bits per heavy atom. The molecule has 0 radical (unpaired) electrons. The average molecular weight is 330 g/mol. The van der Waals surface area contributed by atoms with Crippen LogP contribution >= 0.6 is 11.3 Å². The maximum atomic E-state index is 7.57. The van der Waals surface area contributed by atoms with Gasteiger partial charge in [-0.15, -0.1) is 11.3 Å². The lowest BCUT2D eigenvalue weighted by Crippen LogP contribution is -1.97. The standard InChI is InChI=1S/C13H10N4S.C2H6O.C2H6/c1-2-4-10(5-3-1)16-13-15-7-6-11(17-13)12-14-8-9-18-12;1-2-3;1-2/h1-9H,(H,15,16,17);3H,2H2,1H3;1-2H3. The van der Waals surface area contributed by atoms with Gasteiger partial charge in [-0.2, -0.15) is 0 Å². The molecule has 5 nitrogen and oxygen atoms in total. The van der Waals surface area contributed by atoms with Crippen LogP contribution in [0.1, 0.15) is 20.8 Å². The van der Waals surface area contributed by atoms with Crippen molar-refractivity contribution in [3.05, 3.63) is 54.2 Å². The minimum atomic E-state index is 0.250. The minimum absolute atomic E-state index is 0.250. The van der Waals surface area contributed by atoms with Crippen molar-refractivity contribution >= 4 is 23.0 Å². The van der Waals surface area contributed by atoms with Crippen molar-refractivity contribution in [3.63, 3.8) is 0 Å². The van der Waals surface area contributed by atoms with Crippen molar-refractivity contribution in [1.82, 2.24) is 15.0 Å². The molecule has 6 heteroatoms. The molecule has 1 aromatic carbocycles. The molecule has 0 atom stereocenters. The molecule has 0 amide bonds. The molecule has 0 aliphatic carbocycles. The van der Waals surface area contributed by atoms with E-state index in [0.29, 0.717) is 5.95 Å². The first-order valence-corrected chi connectivity index (χ1v) is 8.37. The predicted octanol–water partition coefficient (Wildman–Crippen LogP) is 4.37. The smallest absolute Gasteiger partial charge is 0.227 e. The Morgan fingerprint density at radius 2 is 1.74 bits per heavy atom. The number of hydrogen-bond donors (Lipinski definition) is 2. The van der Waals surface area contributed by atoms with Crippen LogP contribution in [0.4, 0.5) is 11.6 Å². The summed E-state index contributed by atoms with van der Waals surface area (Å²) in [6.45, 7) is 5.93. The zero-order chi connectivity index (χ0) is 16.9. The lowest BCUT2D eigenvalue weighted by molar-refractivity contribution is 0.318. The molecule has 3 aromatic rings. The highest BCUT2D eigenvalue weighted by Gasteiger charge is 2.04. The van der Waals surface area contributed by atoms with E-state index in [0.717, 1.165) is 16.4 Å². The zero-order valence-corrected chi connectivity index (χ0v) is 14.4. The van der Waals surface area contributed by atoms with Crippen molar-refractivity contribution in [3.8, 4) is 10.7 Å². The summed E-state index contributed by atoms with van der Waals surface area (Å²) in [4.78, 5) is 12.9. The normalized spacial score (nSPS) is 9.04. The van der Waals surface area contributed by atoms with Crippen molar-refractivity contribution in [2.75, 3.05) is 11.9 Å². The van der Waals surface area contributed by atoms with Crippen molar-refractivity contribution < 1.29 is 5.11 Å². The summed E-state index contributed by atoms with van der Waals surface area (Å²) in [6.07, 6.45) is 3.50. The Hall–Kier alpha value is -2.31. The number of nitrogens with one attached hydrogen (secondary N) is 1. The number of aliphatic hydroxyl groups excluding tert-OH is 1. The van der Waals surface area contributed by atoms with Gasteiger partial charge in [-0.05, 0) is 25.1 Å². The summed E-state index contributed by atoms with van der Waals surface area (Å²) >= 11 is 1.56. The maximum Gasteiger partial charge on any atom is 0.227 e. The molecule has 0 saturated carbocycles. The number of hydrogen-bond acceptors (Lipinski definition) is 6. The van der Waals surface area contributed by atoms with Crippen molar-refractivity contribution in [1.29, 1.82) is 0 Å². The fourth-order valence-electron chi connectivity index (χ4n) is 1.54. The van der Waals surface area contributed by atoms with Crippen LogP contribution in [0, 0.1) is 0 Å². The van der Waals surface area contributed by atoms with Crippen LogP contribution < -0.4 is 5.32 Å². The van der Waals surface area contributed by atoms with Gasteiger partial charge in [0.15, 0.2) is 0 Å². The topological polar surface area (TPSA) is 70.9 Å². The van der Waals surface area contributed by atoms with Crippen LogP contribution in [0.15, 0.2) is 54.2 Å². The van der Waals surface area contributed by atoms with Crippen LogP contribution in [0.2, 0.25) is 0 Å². The summed E-state index contributed by atoms with van der Waals surface area (Å²) in [7, 11) is 0. The largest absolute Gasteiger partial charge is 0.397 e. The monoisotopic (exact) mass is 330 g/mol. The lowest BCUT2D eigenvalue weighted by atomic mass is 10.3. The van der Waals surface area contributed by atoms with Gasteiger partial charge >= 0.3 is 0 Å². The lowest BCUT2D eigenvalue weighted by Gasteiger charge is -2.04. The Labute approximate surface area is 141 Å². The van der Waals surface area contributed by atoms with Gasteiger partial charge < -0.3 is 10.4 Å². The van der Waals surface area contributed by atoms with E-state index in [2.05, 4.69) is 20.3 Å². The summed E-state index contributed by atoms with van der Waals surface area (Å²) in [5.41, 5.74) is 1.80. The summed E-state index contributed by atoms with van der Waals surface area (Å²) < 4.78 is 0. The van der Waals surface area contributed by atoms with E-state index in [1.165, 1.54) is 0 Å². The van der Waals surface area contributed by atoms with Crippen LogP contribution in [-0.2, 0) is 0 Å². The molecular weight excluding hydrogens is 308 g/mol. The van der Waals surface area contributed by atoms with E-state index in [1.54, 1.807) is 30.7 Å². The molecule has 2 N–H and O–H groups in total. The number of aliphatic hydroxyl groups is 1. The second kappa shape index (κ2) is 11.3. The average Bonchev–Trinajstić information content (AvgIpc) is 3.13. The van der Waals surface area contributed by atoms with E-state index in [1.807, 2.05) is 55.6 Å². The highest BCUT2D eigenvalue weighted by molar-refractivity contribution is 7.13. The van der Waals surface area contributed by atoms with Crippen molar-refractivity contribution in [2.24, 2.45) is 0 Å². The van der Waals surface area contributed by atoms with Gasteiger partial charge in [0.05, 0.1) is 0 Å². The molecule has 0 saturated heterocycles. The molecule has 2 aromatic heterocycles. The first-order chi connectivity index (χ1) is 11.3. The fourth-order valence-corrected chi connectivity index (χ4v) is 2.15. The predicted molar refractivity (Wildman–Crippen MR) is 97.0 cm³/mol. The van der Waals surface area contributed by atoms with E-state index in [-0.39, 0.29) is 6.61 Å². The van der Waals surface area contributed by atoms with E-state index < -0.39 is 0 Å². The van der Waals surface area contributed by atoms with E-state index in [9.17, 15) is 0 Å². The van der Waals surface area contributed by atoms with Crippen LogP contribution in [0.3, 0.4) is 0 Å².